The molecule has 0 spiro atoms. The highest BCUT2D eigenvalue weighted by molar-refractivity contribution is 8.00. The first-order chi connectivity index (χ1) is 10.9. The summed E-state index contributed by atoms with van der Waals surface area (Å²) in [5.74, 6) is 0. The normalized spacial score (nSPS) is 13.2. The smallest absolute Gasteiger partial charge is 0.372 e. The zero-order valence-corrected chi connectivity index (χ0v) is 13.6. The molecule has 0 aromatic heterocycles. The van der Waals surface area contributed by atoms with Gasteiger partial charge in [0.05, 0.1) is 4.90 Å². The summed E-state index contributed by atoms with van der Waals surface area (Å²) in [4.78, 5) is -0.410. The first kappa shape index (κ1) is 21.1. The van der Waals surface area contributed by atoms with Crippen LogP contribution in [0.1, 0.15) is 6.42 Å². The van der Waals surface area contributed by atoms with Crippen molar-refractivity contribution in [2.24, 2.45) is 0 Å². The average Bonchev–Trinajstić information content (AvgIpc) is 2.40. The molecule has 0 amide bonds. The number of rotatable bonds is 8. The monoisotopic (exact) mass is 397 g/mol. The van der Waals surface area contributed by atoms with Gasteiger partial charge in [0.25, 0.3) is 0 Å². The third kappa shape index (κ3) is 8.76. The van der Waals surface area contributed by atoms with Crippen molar-refractivity contribution in [1.29, 1.82) is 0 Å². The highest BCUT2D eigenvalue weighted by Crippen LogP contribution is 2.36. The molecule has 4 nitrogen and oxygen atoms in total. The summed E-state index contributed by atoms with van der Waals surface area (Å²) in [6.07, 6.45) is -4.44. The van der Waals surface area contributed by atoms with Crippen molar-refractivity contribution in [3.8, 4) is 0 Å². The quantitative estimate of drug-likeness (QED) is 0.414. The van der Waals surface area contributed by atoms with Crippen LogP contribution in [0.5, 0.6) is 0 Å². The highest BCUT2D eigenvalue weighted by atomic mass is 32.2. The van der Waals surface area contributed by atoms with Crippen molar-refractivity contribution in [3.05, 3.63) is 24.3 Å². The van der Waals surface area contributed by atoms with Crippen LogP contribution in [0.4, 0.5) is 26.3 Å². The number of thioether (sulfide) groups is 1. The van der Waals surface area contributed by atoms with E-state index >= 15 is 0 Å². The molecule has 1 aromatic carbocycles. The second-order valence-electron chi connectivity index (χ2n) is 4.44. The van der Waals surface area contributed by atoms with Gasteiger partial charge >= 0.3 is 11.7 Å². The lowest BCUT2D eigenvalue weighted by Gasteiger charge is -2.09. The summed E-state index contributed by atoms with van der Waals surface area (Å²) in [7, 11) is -3.95. The van der Waals surface area contributed by atoms with E-state index in [1.165, 1.54) is 0 Å². The zero-order valence-electron chi connectivity index (χ0n) is 11.9. The SMILES string of the molecule is O=S(=O)(NCCCOCC(F)(F)F)c1ccc(SC(F)(F)F)cc1. The van der Waals surface area contributed by atoms with Gasteiger partial charge in [-0.1, -0.05) is 0 Å². The van der Waals surface area contributed by atoms with Crippen LogP contribution in [0, 0.1) is 0 Å². The van der Waals surface area contributed by atoms with Crippen LogP contribution in [0.2, 0.25) is 0 Å². The number of hydrogen-bond acceptors (Lipinski definition) is 4. The van der Waals surface area contributed by atoms with Gasteiger partial charge in [0.1, 0.15) is 6.61 Å². The Hall–Kier alpha value is -0.980. The molecule has 0 fully saturated rings. The van der Waals surface area contributed by atoms with Crippen molar-refractivity contribution < 1.29 is 39.5 Å². The minimum Gasteiger partial charge on any atom is -0.372 e. The van der Waals surface area contributed by atoms with Gasteiger partial charge in [-0.15, -0.1) is 0 Å². The summed E-state index contributed by atoms with van der Waals surface area (Å²) < 4.78 is 102. The molecule has 0 atom stereocenters. The summed E-state index contributed by atoms with van der Waals surface area (Å²) in [6, 6.07) is 4.05. The molecular formula is C12H13F6NO3S2. The van der Waals surface area contributed by atoms with Gasteiger partial charge in [0.15, 0.2) is 0 Å². The fraction of sp³-hybridized carbons (Fsp3) is 0.500. The molecule has 138 valence electrons. The third-order valence-electron chi connectivity index (χ3n) is 2.39. The Morgan fingerprint density at radius 3 is 2.12 bits per heavy atom. The number of hydrogen-bond donors (Lipinski definition) is 1. The number of halogens is 6. The molecule has 1 N–H and O–H groups in total. The molecular weight excluding hydrogens is 384 g/mol. The third-order valence-corrected chi connectivity index (χ3v) is 4.61. The molecule has 0 bridgehead atoms. The molecule has 0 saturated carbocycles. The fourth-order valence-electron chi connectivity index (χ4n) is 1.47. The first-order valence-electron chi connectivity index (χ1n) is 6.39. The molecule has 0 heterocycles. The van der Waals surface area contributed by atoms with Gasteiger partial charge < -0.3 is 4.74 Å². The number of alkyl halides is 6. The zero-order chi connectivity index (χ0) is 18.4. The second-order valence-corrected chi connectivity index (χ2v) is 7.34. The van der Waals surface area contributed by atoms with E-state index in [1.54, 1.807) is 0 Å². The van der Waals surface area contributed by atoms with Gasteiger partial charge in [0.2, 0.25) is 10.0 Å². The molecule has 0 aliphatic heterocycles. The predicted molar refractivity (Wildman–Crippen MR) is 75.0 cm³/mol. The molecule has 0 aliphatic rings. The number of sulfonamides is 1. The van der Waals surface area contributed by atoms with Crippen LogP contribution in [0.15, 0.2) is 34.1 Å². The van der Waals surface area contributed by atoms with Gasteiger partial charge in [-0.05, 0) is 42.4 Å². The average molecular weight is 397 g/mol. The van der Waals surface area contributed by atoms with E-state index in [2.05, 4.69) is 9.46 Å². The van der Waals surface area contributed by atoms with Crippen molar-refractivity contribution in [1.82, 2.24) is 4.72 Å². The van der Waals surface area contributed by atoms with Gasteiger partial charge in [-0.25, -0.2) is 13.1 Å². The largest absolute Gasteiger partial charge is 0.446 e. The minimum atomic E-state index is -4.48. The van der Waals surface area contributed by atoms with E-state index < -0.39 is 28.3 Å². The molecule has 1 rings (SSSR count). The lowest BCUT2D eigenvalue weighted by Crippen LogP contribution is -2.26. The molecule has 0 saturated heterocycles. The minimum absolute atomic E-state index is 0.0112. The van der Waals surface area contributed by atoms with Crippen LogP contribution < -0.4 is 4.72 Å². The number of ether oxygens (including phenoxy) is 1. The van der Waals surface area contributed by atoms with Crippen molar-refractivity contribution in [2.75, 3.05) is 19.8 Å². The van der Waals surface area contributed by atoms with E-state index in [1.807, 2.05) is 0 Å². The molecule has 12 heteroatoms. The maximum absolute atomic E-state index is 12.2. The Balaban J connectivity index is 2.45. The Labute approximate surface area is 138 Å². The molecule has 0 unspecified atom stereocenters. The standard InChI is InChI=1S/C12H13F6NO3S2/c13-11(14,15)8-22-7-1-6-19-24(20,21)10-4-2-9(3-5-10)23-12(16,17)18/h2-5,19H,1,6-8H2. The Morgan fingerprint density at radius 1 is 1.04 bits per heavy atom. The van der Waals surface area contributed by atoms with Crippen LogP contribution in [0.3, 0.4) is 0 Å². The van der Waals surface area contributed by atoms with Crippen molar-refractivity contribution in [2.45, 2.75) is 27.9 Å². The summed E-state index contributed by atoms with van der Waals surface area (Å²) in [6.45, 7) is -1.87. The Morgan fingerprint density at radius 2 is 1.62 bits per heavy atom. The molecule has 1 aromatic rings. The fourth-order valence-corrected chi connectivity index (χ4v) is 3.09. The summed E-state index contributed by atoms with van der Waals surface area (Å²) >= 11 is -0.375. The van der Waals surface area contributed by atoms with Crippen LogP contribution in [-0.2, 0) is 14.8 Å². The predicted octanol–water partition coefficient (Wildman–Crippen LogP) is 3.55. The topological polar surface area (TPSA) is 55.4 Å². The van der Waals surface area contributed by atoms with E-state index in [-0.39, 0.29) is 41.1 Å². The Bertz CT molecular complexity index is 613. The van der Waals surface area contributed by atoms with Crippen LogP contribution in [-0.4, -0.2) is 39.9 Å². The Kier molecular flexibility index (Phi) is 7.38. The van der Waals surface area contributed by atoms with Crippen molar-refractivity contribution in [3.63, 3.8) is 0 Å². The molecule has 0 radical (unpaired) electrons. The van der Waals surface area contributed by atoms with E-state index in [9.17, 15) is 34.8 Å². The number of benzene rings is 1. The molecule has 0 aliphatic carbocycles. The van der Waals surface area contributed by atoms with Crippen molar-refractivity contribution >= 4 is 21.8 Å². The lowest BCUT2D eigenvalue weighted by atomic mass is 10.4. The molecule has 24 heavy (non-hydrogen) atoms. The van der Waals surface area contributed by atoms with Gasteiger partial charge in [0, 0.05) is 18.0 Å². The van der Waals surface area contributed by atoms with E-state index in [0.29, 0.717) is 0 Å². The summed E-state index contributed by atoms with van der Waals surface area (Å²) in [5.41, 5.74) is -4.48. The van der Waals surface area contributed by atoms with Crippen LogP contribution in [0.25, 0.3) is 0 Å². The van der Waals surface area contributed by atoms with Crippen LogP contribution >= 0.6 is 11.8 Å². The second kappa shape index (κ2) is 8.41. The van der Waals surface area contributed by atoms with E-state index in [0.717, 1.165) is 24.3 Å². The maximum Gasteiger partial charge on any atom is 0.446 e. The highest BCUT2D eigenvalue weighted by Gasteiger charge is 2.29. The van der Waals surface area contributed by atoms with Gasteiger partial charge in [-0.2, -0.15) is 26.3 Å². The summed E-state index contributed by atoms with van der Waals surface area (Å²) in [5, 5.41) is 0. The number of nitrogens with one attached hydrogen (secondary N) is 1. The first-order valence-corrected chi connectivity index (χ1v) is 8.69. The maximum atomic E-state index is 12.2. The van der Waals surface area contributed by atoms with Gasteiger partial charge in [-0.3, -0.25) is 0 Å². The lowest BCUT2D eigenvalue weighted by molar-refractivity contribution is -0.173. The van der Waals surface area contributed by atoms with E-state index in [4.69, 9.17) is 0 Å².